The summed E-state index contributed by atoms with van der Waals surface area (Å²) in [6, 6.07) is 4.86. The molecule has 0 bridgehead atoms. The number of anilines is 1. The van der Waals surface area contributed by atoms with Crippen molar-refractivity contribution >= 4 is 22.7 Å². The molecule has 4 rings (SSSR count). The molecule has 1 amide bonds. The second kappa shape index (κ2) is 13.4. The van der Waals surface area contributed by atoms with E-state index < -0.39 is 5.60 Å². The SMILES string of the molecule is CCc1c(N(CC)C2CCOCC2)cc2oc(CN3CCN(C(=O)OC(C)(C)C)CC3)cc2c1COCOC. The number of carbonyl (C=O) groups is 1. The monoisotopic (exact) mass is 545 g/mol. The maximum absolute atomic E-state index is 12.5. The van der Waals surface area contributed by atoms with Crippen LogP contribution in [0.5, 0.6) is 0 Å². The molecule has 9 heteroatoms. The molecule has 0 saturated carbocycles. The Balaban J connectivity index is 1.57. The van der Waals surface area contributed by atoms with Crippen LogP contribution in [0.1, 0.15) is 64.3 Å². The Morgan fingerprint density at radius 3 is 2.41 bits per heavy atom. The van der Waals surface area contributed by atoms with Gasteiger partial charge in [0.05, 0.1) is 13.2 Å². The molecule has 0 atom stereocenters. The quantitative estimate of drug-likeness (QED) is 0.299. The summed E-state index contributed by atoms with van der Waals surface area (Å²) in [5, 5.41) is 1.11. The van der Waals surface area contributed by atoms with Crippen LogP contribution in [0.2, 0.25) is 0 Å². The maximum atomic E-state index is 12.5. The maximum Gasteiger partial charge on any atom is 0.410 e. The van der Waals surface area contributed by atoms with Gasteiger partial charge in [0.2, 0.25) is 0 Å². The van der Waals surface area contributed by atoms with Crippen LogP contribution in [0.3, 0.4) is 0 Å². The predicted octanol–water partition coefficient (Wildman–Crippen LogP) is 5.17. The number of piperazine rings is 1. The Kier molecular flexibility index (Phi) is 10.1. The van der Waals surface area contributed by atoms with Crippen molar-refractivity contribution in [3.05, 3.63) is 29.0 Å². The van der Waals surface area contributed by atoms with E-state index >= 15 is 0 Å². The van der Waals surface area contributed by atoms with E-state index in [2.05, 4.69) is 35.8 Å². The Bertz CT molecular complexity index is 1080. The Morgan fingerprint density at radius 2 is 1.79 bits per heavy atom. The summed E-state index contributed by atoms with van der Waals surface area (Å²) >= 11 is 0. The van der Waals surface area contributed by atoms with Crippen molar-refractivity contribution in [2.75, 3.05) is 64.7 Å². The minimum atomic E-state index is -0.485. The van der Waals surface area contributed by atoms with Gasteiger partial charge in [0.1, 0.15) is 23.7 Å². The molecule has 2 saturated heterocycles. The number of ether oxygens (including phenoxy) is 4. The number of carbonyl (C=O) groups excluding carboxylic acids is 1. The summed E-state index contributed by atoms with van der Waals surface area (Å²) in [5.41, 5.74) is 4.14. The van der Waals surface area contributed by atoms with E-state index in [4.69, 9.17) is 23.4 Å². The number of furan rings is 1. The van der Waals surface area contributed by atoms with Crippen molar-refractivity contribution in [1.82, 2.24) is 9.80 Å². The van der Waals surface area contributed by atoms with E-state index in [0.717, 1.165) is 68.8 Å². The average molecular weight is 546 g/mol. The topological polar surface area (TPSA) is 76.9 Å². The molecule has 0 unspecified atom stereocenters. The summed E-state index contributed by atoms with van der Waals surface area (Å²) in [7, 11) is 1.65. The van der Waals surface area contributed by atoms with Crippen molar-refractivity contribution in [2.24, 2.45) is 0 Å². The third-order valence-corrected chi connectivity index (χ3v) is 7.56. The molecule has 39 heavy (non-hydrogen) atoms. The van der Waals surface area contributed by atoms with Crippen molar-refractivity contribution in [2.45, 2.75) is 78.7 Å². The van der Waals surface area contributed by atoms with Gasteiger partial charge in [-0.2, -0.15) is 0 Å². The van der Waals surface area contributed by atoms with Crippen LogP contribution in [0.25, 0.3) is 11.0 Å². The van der Waals surface area contributed by atoms with E-state index in [1.54, 1.807) is 12.0 Å². The second-order valence-electron chi connectivity index (χ2n) is 11.5. The van der Waals surface area contributed by atoms with Gasteiger partial charge in [0.15, 0.2) is 0 Å². The lowest BCUT2D eigenvalue weighted by Crippen LogP contribution is -2.49. The summed E-state index contributed by atoms with van der Waals surface area (Å²) in [6.45, 7) is 16.9. The highest BCUT2D eigenvalue weighted by atomic mass is 16.7. The minimum Gasteiger partial charge on any atom is -0.460 e. The molecular weight excluding hydrogens is 498 g/mol. The molecular formula is C30H47N3O6. The van der Waals surface area contributed by atoms with Gasteiger partial charge in [-0.15, -0.1) is 0 Å². The molecule has 2 aromatic rings. The highest BCUT2D eigenvalue weighted by Crippen LogP contribution is 2.37. The van der Waals surface area contributed by atoms with E-state index in [0.29, 0.717) is 32.3 Å². The molecule has 218 valence electrons. The van der Waals surface area contributed by atoms with Crippen molar-refractivity contribution in [3.8, 4) is 0 Å². The van der Waals surface area contributed by atoms with Gasteiger partial charge in [0.25, 0.3) is 0 Å². The zero-order chi connectivity index (χ0) is 28.0. The first-order chi connectivity index (χ1) is 18.7. The van der Waals surface area contributed by atoms with Gasteiger partial charge in [-0.1, -0.05) is 6.92 Å². The van der Waals surface area contributed by atoms with Gasteiger partial charge >= 0.3 is 6.09 Å². The van der Waals surface area contributed by atoms with E-state index in [-0.39, 0.29) is 12.9 Å². The molecule has 3 heterocycles. The number of fused-ring (bicyclic) bond motifs is 1. The van der Waals surface area contributed by atoms with Gasteiger partial charge in [0, 0.05) is 76.2 Å². The number of nitrogens with zero attached hydrogens (tertiary/aromatic N) is 3. The predicted molar refractivity (Wildman–Crippen MR) is 152 cm³/mol. The fraction of sp³-hybridized carbons (Fsp3) is 0.700. The van der Waals surface area contributed by atoms with Crippen LogP contribution in [0.4, 0.5) is 10.5 Å². The van der Waals surface area contributed by atoms with Crippen molar-refractivity contribution < 1.29 is 28.2 Å². The first-order valence-corrected chi connectivity index (χ1v) is 14.4. The van der Waals surface area contributed by atoms with Crippen molar-refractivity contribution in [1.29, 1.82) is 0 Å². The highest BCUT2D eigenvalue weighted by Gasteiger charge is 2.28. The summed E-state index contributed by atoms with van der Waals surface area (Å²) in [5.74, 6) is 0.928. The first-order valence-electron chi connectivity index (χ1n) is 14.4. The number of hydrogen-bond acceptors (Lipinski definition) is 8. The molecule has 0 spiro atoms. The normalized spacial score (nSPS) is 17.6. The molecule has 2 aliphatic heterocycles. The number of methoxy groups -OCH3 is 1. The van der Waals surface area contributed by atoms with E-state index in [1.807, 2.05) is 20.8 Å². The fourth-order valence-electron chi connectivity index (χ4n) is 5.71. The number of rotatable bonds is 10. The molecule has 1 aromatic heterocycles. The standard InChI is InChI=1S/C30H47N3O6/c1-7-24-26(20-37-21-35-6)25-17-23(19-31-11-13-32(14-12-31)29(34)39-30(3,4)5)38-28(25)18-27(24)33(8-2)22-9-15-36-16-10-22/h17-18,22H,7-16,19-21H2,1-6H3. The van der Waals surface area contributed by atoms with Crippen molar-refractivity contribution in [3.63, 3.8) is 0 Å². The molecule has 0 N–H and O–H groups in total. The second-order valence-corrected chi connectivity index (χ2v) is 11.5. The van der Waals surface area contributed by atoms with Crippen LogP contribution in [0, 0.1) is 0 Å². The molecule has 1 aromatic carbocycles. The van der Waals surface area contributed by atoms with Crippen LogP contribution >= 0.6 is 0 Å². The largest absolute Gasteiger partial charge is 0.460 e. The van der Waals surface area contributed by atoms with Gasteiger partial charge in [-0.25, -0.2) is 4.79 Å². The first kappa shape index (κ1) is 29.6. The molecule has 2 aliphatic rings. The van der Waals surface area contributed by atoms with E-state index in [9.17, 15) is 4.79 Å². The Labute approximate surface area is 233 Å². The summed E-state index contributed by atoms with van der Waals surface area (Å²) in [6.07, 6.45) is 2.73. The third-order valence-electron chi connectivity index (χ3n) is 7.56. The third kappa shape index (κ3) is 7.45. The zero-order valence-electron chi connectivity index (χ0n) is 24.7. The van der Waals surface area contributed by atoms with Crippen LogP contribution in [-0.4, -0.2) is 87.4 Å². The van der Waals surface area contributed by atoms with Crippen LogP contribution < -0.4 is 4.90 Å². The molecule has 2 fully saturated rings. The lowest BCUT2D eigenvalue weighted by molar-refractivity contribution is -0.0388. The lowest BCUT2D eigenvalue weighted by atomic mass is 9.96. The highest BCUT2D eigenvalue weighted by molar-refractivity contribution is 5.88. The Morgan fingerprint density at radius 1 is 1.08 bits per heavy atom. The Hall–Kier alpha value is -2.33. The molecule has 0 aliphatic carbocycles. The van der Waals surface area contributed by atoms with Crippen LogP contribution in [-0.2, 0) is 38.5 Å². The van der Waals surface area contributed by atoms with Gasteiger partial charge in [-0.05, 0) is 64.2 Å². The average Bonchev–Trinajstić information content (AvgIpc) is 3.31. The summed E-state index contributed by atoms with van der Waals surface area (Å²) in [4.78, 5) is 19.1. The smallest absolute Gasteiger partial charge is 0.410 e. The van der Waals surface area contributed by atoms with Gasteiger partial charge in [-0.3, -0.25) is 4.90 Å². The lowest BCUT2D eigenvalue weighted by Gasteiger charge is -2.37. The summed E-state index contributed by atoms with van der Waals surface area (Å²) < 4.78 is 28.8. The van der Waals surface area contributed by atoms with E-state index in [1.165, 1.54) is 16.8 Å². The zero-order valence-corrected chi connectivity index (χ0v) is 24.7. The van der Waals surface area contributed by atoms with Crippen LogP contribution in [0.15, 0.2) is 16.5 Å². The number of amides is 1. The molecule has 9 nitrogen and oxygen atoms in total. The van der Waals surface area contributed by atoms with Gasteiger partial charge < -0.3 is 33.2 Å². The molecule has 0 radical (unpaired) electrons. The minimum absolute atomic E-state index is 0.240. The number of benzene rings is 1. The fourth-order valence-corrected chi connectivity index (χ4v) is 5.71. The number of hydrogen-bond donors (Lipinski definition) is 0.